The highest BCUT2D eigenvalue weighted by Crippen LogP contribution is 2.30. The van der Waals surface area contributed by atoms with Gasteiger partial charge in [-0.25, -0.2) is 4.79 Å². The largest absolute Gasteiger partial charge is 0.486 e. The highest BCUT2D eigenvalue weighted by molar-refractivity contribution is 7.12. The van der Waals surface area contributed by atoms with Crippen LogP contribution in [0.4, 0.5) is 0 Å². The Kier molecular flexibility index (Phi) is 5.23. The Morgan fingerprint density at radius 1 is 1.28 bits per heavy atom. The predicted molar refractivity (Wildman–Crippen MR) is 93.4 cm³/mol. The van der Waals surface area contributed by atoms with E-state index in [2.05, 4.69) is 5.32 Å². The molecule has 0 unspecified atom stereocenters. The Balaban J connectivity index is 1.43. The number of amides is 1. The first-order valence-electron chi connectivity index (χ1n) is 7.92. The minimum Gasteiger partial charge on any atom is -0.486 e. The summed E-state index contributed by atoms with van der Waals surface area (Å²) < 4.78 is 16.4. The zero-order valence-electron chi connectivity index (χ0n) is 14.0. The number of fused-ring (bicyclic) bond motifs is 1. The number of esters is 1. The lowest BCUT2D eigenvalue weighted by atomic mass is 10.2. The summed E-state index contributed by atoms with van der Waals surface area (Å²) in [7, 11) is 0. The second-order valence-corrected chi connectivity index (χ2v) is 7.17. The Morgan fingerprint density at radius 2 is 2.04 bits per heavy atom. The lowest BCUT2D eigenvalue weighted by molar-refractivity contribution is -0.124. The second kappa shape index (κ2) is 7.57. The van der Waals surface area contributed by atoms with Crippen molar-refractivity contribution in [2.75, 3.05) is 19.8 Å². The van der Waals surface area contributed by atoms with Crippen molar-refractivity contribution in [3.8, 4) is 11.5 Å². The molecule has 1 atom stereocenters. The predicted octanol–water partition coefficient (Wildman–Crippen LogP) is 2.48. The van der Waals surface area contributed by atoms with E-state index < -0.39 is 5.97 Å². The Hall–Kier alpha value is -2.54. The van der Waals surface area contributed by atoms with Crippen molar-refractivity contribution in [2.24, 2.45) is 0 Å². The molecule has 2 heterocycles. The standard InChI is InChI=1S/C18H19NO5S/c1-11-7-14(12(2)25-11)18(21)23-10-17(20)19-8-13-9-22-15-5-3-4-6-16(15)24-13/h3-7,13H,8-10H2,1-2H3,(H,19,20)/t13-/m1/s1. The van der Waals surface area contributed by atoms with Gasteiger partial charge in [-0.2, -0.15) is 0 Å². The molecule has 0 fully saturated rings. The number of carbonyl (C=O) groups is 2. The number of nitrogens with one attached hydrogen (secondary N) is 1. The van der Waals surface area contributed by atoms with Gasteiger partial charge in [-0.15, -0.1) is 11.3 Å². The maximum absolute atomic E-state index is 12.0. The van der Waals surface area contributed by atoms with Gasteiger partial charge in [0, 0.05) is 9.75 Å². The monoisotopic (exact) mass is 361 g/mol. The third kappa shape index (κ3) is 4.30. The van der Waals surface area contributed by atoms with Crippen molar-refractivity contribution >= 4 is 23.2 Å². The molecule has 1 aliphatic heterocycles. The maximum Gasteiger partial charge on any atom is 0.339 e. The van der Waals surface area contributed by atoms with E-state index in [9.17, 15) is 9.59 Å². The number of ether oxygens (including phenoxy) is 3. The van der Waals surface area contributed by atoms with Gasteiger partial charge in [-0.3, -0.25) is 4.79 Å². The molecule has 3 rings (SSSR count). The Bertz CT molecular complexity index is 786. The normalized spacial score (nSPS) is 15.5. The zero-order valence-corrected chi connectivity index (χ0v) is 14.9. The van der Waals surface area contributed by atoms with Gasteiger partial charge < -0.3 is 19.5 Å². The summed E-state index contributed by atoms with van der Waals surface area (Å²) in [5.41, 5.74) is 0.510. The summed E-state index contributed by atoms with van der Waals surface area (Å²) in [6.45, 7) is 4.08. The molecule has 0 radical (unpaired) electrons. The van der Waals surface area contributed by atoms with E-state index in [0.29, 0.717) is 23.7 Å². The molecule has 0 saturated carbocycles. The summed E-state index contributed by atoms with van der Waals surface area (Å²) in [5.74, 6) is 0.492. The van der Waals surface area contributed by atoms with Crippen LogP contribution in [0.15, 0.2) is 30.3 Å². The van der Waals surface area contributed by atoms with Crippen molar-refractivity contribution in [2.45, 2.75) is 20.0 Å². The molecule has 0 spiro atoms. The minimum absolute atomic E-state index is 0.279. The highest BCUT2D eigenvalue weighted by atomic mass is 32.1. The third-order valence-corrected chi connectivity index (χ3v) is 4.66. The third-order valence-electron chi connectivity index (χ3n) is 3.69. The summed E-state index contributed by atoms with van der Waals surface area (Å²) in [6.07, 6.45) is -0.281. The van der Waals surface area contributed by atoms with Crippen LogP contribution >= 0.6 is 11.3 Å². The van der Waals surface area contributed by atoms with Crippen LogP contribution in [-0.4, -0.2) is 37.7 Å². The fraction of sp³-hybridized carbons (Fsp3) is 0.333. The lowest BCUT2D eigenvalue weighted by Crippen LogP contribution is -2.42. The molecular formula is C18H19NO5S. The first kappa shape index (κ1) is 17.3. The summed E-state index contributed by atoms with van der Waals surface area (Å²) in [4.78, 5) is 25.8. The first-order valence-corrected chi connectivity index (χ1v) is 8.74. The molecular weight excluding hydrogens is 342 g/mol. The molecule has 1 N–H and O–H groups in total. The first-order chi connectivity index (χ1) is 12.0. The van der Waals surface area contributed by atoms with Crippen LogP contribution in [-0.2, 0) is 9.53 Å². The number of rotatable bonds is 5. The van der Waals surface area contributed by atoms with E-state index in [-0.39, 0.29) is 25.2 Å². The van der Waals surface area contributed by atoms with Crippen LogP contribution in [0.3, 0.4) is 0 Å². The number of hydrogen-bond acceptors (Lipinski definition) is 6. The number of thiophene rings is 1. The van der Waals surface area contributed by atoms with Gasteiger partial charge in [0.1, 0.15) is 12.7 Å². The van der Waals surface area contributed by atoms with Crippen molar-refractivity contribution in [3.05, 3.63) is 45.6 Å². The topological polar surface area (TPSA) is 73.9 Å². The molecule has 1 amide bonds. The van der Waals surface area contributed by atoms with Crippen LogP contribution in [0.2, 0.25) is 0 Å². The van der Waals surface area contributed by atoms with Crippen molar-refractivity contribution in [1.82, 2.24) is 5.32 Å². The molecule has 1 aromatic carbocycles. The molecule has 7 heteroatoms. The van der Waals surface area contributed by atoms with E-state index in [4.69, 9.17) is 14.2 Å². The van der Waals surface area contributed by atoms with E-state index in [1.165, 1.54) is 11.3 Å². The van der Waals surface area contributed by atoms with Crippen LogP contribution in [0.1, 0.15) is 20.1 Å². The van der Waals surface area contributed by atoms with Gasteiger partial charge in [0.15, 0.2) is 18.1 Å². The van der Waals surface area contributed by atoms with Crippen LogP contribution in [0.25, 0.3) is 0 Å². The van der Waals surface area contributed by atoms with Gasteiger partial charge in [-0.05, 0) is 32.0 Å². The fourth-order valence-electron chi connectivity index (χ4n) is 2.48. The summed E-state index contributed by atoms with van der Waals surface area (Å²) in [5, 5.41) is 2.69. The van der Waals surface area contributed by atoms with Crippen LogP contribution in [0, 0.1) is 13.8 Å². The fourth-order valence-corrected chi connectivity index (χ4v) is 3.40. The smallest absolute Gasteiger partial charge is 0.339 e. The summed E-state index contributed by atoms with van der Waals surface area (Å²) >= 11 is 1.52. The van der Waals surface area contributed by atoms with Crippen molar-refractivity contribution in [1.29, 1.82) is 0 Å². The van der Waals surface area contributed by atoms with E-state index in [1.807, 2.05) is 38.1 Å². The van der Waals surface area contributed by atoms with Gasteiger partial charge in [0.05, 0.1) is 12.1 Å². The maximum atomic E-state index is 12.0. The number of para-hydroxylation sites is 2. The van der Waals surface area contributed by atoms with Crippen molar-refractivity contribution in [3.63, 3.8) is 0 Å². The molecule has 132 valence electrons. The number of aryl methyl sites for hydroxylation is 2. The molecule has 1 aromatic heterocycles. The average Bonchev–Trinajstić information content (AvgIpc) is 2.96. The molecule has 6 nitrogen and oxygen atoms in total. The molecule has 0 aliphatic carbocycles. The molecule has 2 aromatic rings. The highest BCUT2D eigenvalue weighted by Gasteiger charge is 2.21. The molecule has 1 aliphatic rings. The summed E-state index contributed by atoms with van der Waals surface area (Å²) in [6, 6.07) is 9.14. The van der Waals surface area contributed by atoms with E-state index in [1.54, 1.807) is 6.07 Å². The van der Waals surface area contributed by atoms with Gasteiger partial charge >= 0.3 is 5.97 Å². The molecule has 0 saturated heterocycles. The second-order valence-electron chi connectivity index (χ2n) is 5.70. The van der Waals surface area contributed by atoms with E-state index in [0.717, 1.165) is 9.75 Å². The number of carbonyl (C=O) groups excluding carboxylic acids is 2. The SMILES string of the molecule is Cc1cc(C(=O)OCC(=O)NC[C@@H]2COc3ccccc3O2)c(C)s1. The average molecular weight is 361 g/mol. The number of benzene rings is 1. The zero-order chi connectivity index (χ0) is 17.8. The van der Waals surface area contributed by atoms with Crippen LogP contribution in [0.5, 0.6) is 11.5 Å². The van der Waals surface area contributed by atoms with Gasteiger partial charge in [0.2, 0.25) is 0 Å². The van der Waals surface area contributed by atoms with Crippen LogP contribution < -0.4 is 14.8 Å². The quantitative estimate of drug-likeness (QED) is 0.828. The van der Waals surface area contributed by atoms with E-state index >= 15 is 0 Å². The molecule has 25 heavy (non-hydrogen) atoms. The molecule has 0 bridgehead atoms. The minimum atomic E-state index is -0.483. The number of hydrogen-bond donors (Lipinski definition) is 1. The lowest BCUT2D eigenvalue weighted by Gasteiger charge is -2.26. The van der Waals surface area contributed by atoms with Crippen molar-refractivity contribution < 1.29 is 23.8 Å². The van der Waals surface area contributed by atoms with Gasteiger partial charge in [0.25, 0.3) is 5.91 Å². The Labute approximate surface area is 149 Å². The Morgan fingerprint density at radius 3 is 2.76 bits per heavy atom. The van der Waals surface area contributed by atoms with Gasteiger partial charge in [-0.1, -0.05) is 12.1 Å².